The minimum atomic E-state index is -4.27. The first kappa shape index (κ1) is 57.0. The quantitative estimate of drug-likeness (QED) is 0.0215. The maximum atomic E-state index is 12.7. The van der Waals surface area contributed by atoms with Crippen molar-refractivity contribution < 1.29 is 37.3 Å². The minimum absolute atomic E-state index is 0.0890. The molecule has 0 aromatic rings. The highest BCUT2D eigenvalue weighted by molar-refractivity contribution is 7.47. The Labute approximate surface area is 360 Å². The molecule has 0 aromatic carbocycles. The van der Waals surface area contributed by atoms with E-state index in [1.807, 2.05) is 21.1 Å². The molecule has 8 nitrogen and oxygen atoms in total. The second kappa shape index (κ2) is 42.7. The Hall–Kier alpha value is -1.02. The summed E-state index contributed by atoms with van der Waals surface area (Å²) in [7, 11) is 1.67. The van der Waals surface area contributed by atoms with Gasteiger partial charge in [0.15, 0.2) is 0 Å². The van der Waals surface area contributed by atoms with Crippen molar-refractivity contribution in [3.05, 3.63) is 24.3 Å². The van der Waals surface area contributed by atoms with Crippen molar-refractivity contribution in [2.24, 2.45) is 0 Å². The summed E-state index contributed by atoms with van der Waals surface area (Å²) in [5, 5.41) is 0. The zero-order valence-electron chi connectivity index (χ0n) is 39.0. The highest BCUT2D eigenvalue weighted by Gasteiger charge is 2.26. The number of hydrogen-bond donors (Lipinski definition) is 1. The molecule has 2 atom stereocenters. The molecule has 0 spiro atoms. The lowest BCUT2D eigenvalue weighted by atomic mass is 10.0. The fourth-order valence-electron chi connectivity index (χ4n) is 6.90. The summed E-state index contributed by atoms with van der Waals surface area (Å²) < 4.78 is 35.0. The average molecular weight is 843 g/mol. The molecule has 0 heterocycles. The molecular weight excluding hydrogens is 746 g/mol. The van der Waals surface area contributed by atoms with Gasteiger partial charge in [-0.15, -0.1) is 0 Å². The Morgan fingerprint density at radius 2 is 0.931 bits per heavy atom. The van der Waals surface area contributed by atoms with Crippen LogP contribution >= 0.6 is 7.82 Å². The van der Waals surface area contributed by atoms with Crippen molar-refractivity contribution in [3.63, 3.8) is 0 Å². The number of allylic oxidation sites excluding steroid dienone is 4. The third-order valence-corrected chi connectivity index (χ3v) is 11.7. The summed E-state index contributed by atoms with van der Waals surface area (Å²) in [6.07, 6.45) is 49.4. The normalized spacial score (nSPS) is 13.8. The summed E-state index contributed by atoms with van der Waals surface area (Å²) in [5.74, 6) is -0.314. The minimum Gasteiger partial charge on any atom is -0.457 e. The molecule has 0 radical (unpaired) electrons. The maximum absolute atomic E-state index is 12.7. The number of quaternary nitrogens is 1. The molecule has 0 amide bonds. The topological polar surface area (TPSA) is 91.3 Å². The van der Waals surface area contributed by atoms with Crippen LogP contribution in [0.4, 0.5) is 0 Å². The van der Waals surface area contributed by atoms with Gasteiger partial charge in [0.05, 0.1) is 34.4 Å². The van der Waals surface area contributed by atoms with Gasteiger partial charge in [-0.3, -0.25) is 13.8 Å². The van der Waals surface area contributed by atoms with Crippen LogP contribution in [0.2, 0.25) is 0 Å². The molecule has 1 N–H and O–H groups in total. The van der Waals surface area contributed by atoms with Crippen LogP contribution in [0.3, 0.4) is 0 Å². The van der Waals surface area contributed by atoms with E-state index in [1.54, 1.807) is 0 Å². The van der Waals surface area contributed by atoms with E-state index in [-0.39, 0.29) is 25.8 Å². The number of carbonyl (C=O) groups is 1. The first-order valence-electron chi connectivity index (χ1n) is 24.6. The van der Waals surface area contributed by atoms with Crippen LogP contribution in [0.25, 0.3) is 0 Å². The van der Waals surface area contributed by atoms with Gasteiger partial charge < -0.3 is 18.9 Å². The number of unbranched alkanes of at least 4 members (excludes halogenated alkanes) is 28. The van der Waals surface area contributed by atoms with Crippen molar-refractivity contribution in [2.45, 2.75) is 232 Å². The molecular formula is C49H97NO7P+. The summed E-state index contributed by atoms with van der Waals surface area (Å²) in [6.45, 7) is 5.58. The summed E-state index contributed by atoms with van der Waals surface area (Å²) in [4.78, 5) is 22.9. The number of phosphoric ester groups is 1. The van der Waals surface area contributed by atoms with Crippen molar-refractivity contribution in [1.82, 2.24) is 0 Å². The maximum Gasteiger partial charge on any atom is 0.472 e. The highest BCUT2D eigenvalue weighted by Crippen LogP contribution is 2.43. The van der Waals surface area contributed by atoms with Crippen LogP contribution in [0.5, 0.6) is 0 Å². The Kier molecular flexibility index (Phi) is 41.9. The summed E-state index contributed by atoms with van der Waals surface area (Å²) in [6, 6.07) is 0. The number of esters is 1. The summed E-state index contributed by atoms with van der Waals surface area (Å²) >= 11 is 0. The van der Waals surface area contributed by atoms with E-state index < -0.39 is 13.9 Å². The van der Waals surface area contributed by atoms with Gasteiger partial charge in [-0.1, -0.05) is 186 Å². The van der Waals surface area contributed by atoms with Gasteiger partial charge in [0.2, 0.25) is 0 Å². The van der Waals surface area contributed by atoms with Crippen molar-refractivity contribution in [1.29, 1.82) is 0 Å². The highest BCUT2D eigenvalue weighted by atomic mass is 31.2. The molecule has 0 fully saturated rings. The zero-order chi connectivity index (χ0) is 42.7. The Balaban J connectivity index is 4.03. The molecule has 344 valence electrons. The predicted octanol–water partition coefficient (Wildman–Crippen LogP) is 14.8. The molecule has 0 aliphatic carbocycles. The van der Waals surface area contributed by atoms with Crippen molar-refractivity contribution in [2.75, 3.05) is 54.1 Å². The molecule has 0 saturated heterocycles. The van der Waals surface area contributed by atoms with E-state index in [0.29, 0.717) is 24.1 Å². The Bertz CT molecular complexity index is 983. The lowest BCUT2D eigenvalue weighted by Gasteiger charge is -2.24. The van der Waals surface area contributed by atoms with Gasteiger partial charge in [0.1, 0.15) is 19.3 Å². The van der Waals surface area contributed by atoms with E-state index in [4.69, 9.17) is 18.5 Å². The number of phosphoric acid groups is 1. The first-order valence-corrected chi connectivity index (χ1v) is 26.1. The van der Waals surface area contributed by atoms with Crippen LogP contribution in [-0.4, -0.2) is 75.6 Å². The lowest BCUT2D eigenvalue weighted by Crippen LogP contribution is -2.37. The molecule has 58 heavy (non-hydrogen) atoms. The number of likely N-dealkylation sites (N-methyl/N-ethyl adjacent to an activating group) is 1. The molecule has 9 heteroatoms. The predicted molar refractivity (Wildman–Crippen MR) is 247 cm³/mol. The molecule has 0 aliphatic rings. The number of ether oxygens (including phenoxy) is 2. The summed E-state index contributed by atoms with van der Waals surface area (Å²) in [5.41, 5.74) is 0. The molecule has 0 rings (SSSR count). The third kappa shape index (κ3) is 46.1. The molecule has 0 saturated carbocycles. The second-order valence-corrected chi connectivity index (χ2v) is 19.3. The van der Waals surface area contributed by atoms with Gasteiger partial charge in [-0.25, -0.2) is 4.57 Å². The van der Waals surface area contributed by atoms with Gasteiger partial charge in [0.25, 0.3) is 0 Å². The van der Waals surface area contributed by atoms with E-state index in [9.17, 15) is 14.3 Å². The van der Waals surface area contributed by atoms with Gasteiger partial charge in [-0.2, -0.15) is 0 Å². The zero-order valence-corrected chi connectivity index (χ0v) is 39.9. The molecule has 0 aromatic heterocycles. The fourth-order valence-corrected chi connectivity index (χ4v) is 7.65. The molecule has 0 bridgehead atoms. The van der Waals surface area contributed by atoms with Gasteiger partial charge >= 0.3 is 13.8 Å². The average Bonchev–Trinajstić information content (AvgIpc) is 3.18. The number of nitrogens with zero attached hydrogens (tertiary/aromatic N) is 1. The van der Waals surface area contributed by atoms with E-state index >= 15 is 0 Å². The smallest absolute Gasteiger partial charge is 0.457 e. The number of hydrogen-bond acceptors (Lipinski definition) is 6. The lowest BCUT2D eigenvalue weighted by molar-refractivity contribution is -0.870. The number of rotatable bonds is 46. The van der Waals surface area contributed by atoms with E-state index in [2.05, 4.69) is 38.2 Å². The third-order valence-electron chi connectivity index (χ3n) is 10.7. The van der Waals surface area contributed by atoms with E-state index in [1.165, 1.54) is 173 Å². The van der Waals surface area contributed by atoms with Crippen molar-refractivity contribution >= 4 is 13.8 Å². The van der Waals surface area contributed by atoms with Gasteiger partial charge in [-0.05, 0) is 57.8 Å². The molecule has 0 aliphatic heterocycles. The Morgan fingerprint density at radius 1 is 0.517 bits per heavy atom. The van der Waals surface area contributed by atoms with Crippen LogP contribution in [-0.2, 0) is 27.9 Å². The van der Waals surface area contributed by atoms with Crippen LogP contribution in [0.1, 0.15) is 226 Å². The SMILES string of the molecule is CCC/C=C\CCCCCCCCOCC(COP(=O)(O)OCC[N+](C)(C)C)OC(=O)CCCCCCCCCCCCCCC/C=C\CCCCCCCCCC. The number of carbonyl (C=O) groups excluding carboxylic acids is 1. The van der Waals surface area contributed by atoms with Gasteiger partial charge in [0, 0.05) is 13.0 Å². The Morgan fingerprint density at radius 3 is 1.38 bits per heavy atom. The largest absolute Gasteiger partial charge is 0.472 e. The fraction of sp³-hybridized carbons (Fsp3) is 0.898. The van der Waals surface area contributed by atoms with Crippen molar-refractivity contribution in [3.8, 4) is 0 Å². The van der Waals surface area contributed by atoms with Crippen LogP contribution in [0.15, 0.2) is 24.3 Å². The van der Waals surface area contributed by atoms with Crippen LogP contribution < -0.4 is 0 Å². The monoisotopic (exact) mass is 843 g/mol. The van der Waals surface area contributed by atoms with Crippen LogP contribution in [0, 0.1) is 0 Å². The van der Waals surface area contributed by atoms with E-state index in [0.717, 1.165) is 32.1 Å². The standard InChI is InChI=1S/C49H96NO7P/c1-6-8-10-12-14-16-18-19-20-21-22-23-24-25-26-27-28-29-30-31-32-34-36-38-40-42-49(51)57-48(47-56-58(52,53)55-45-43-50(3,4)5)46-54-44-41-39-37-35-33-17-15-13-11-9-7-2/h11,13,21-22,48H,6-10,12,14-20,23-47H2,1-5H3/p+1/b13-11-,22-21-. The first-order chi connectivity index (χ1) is 28.1. The second-order valence-electron chi connectivity index (χ2n) is 17.8. The molecule has 2 unspecified atom stereocenters.